The van der Waals surface area contributed by atoms with Gasteiger partial charge in [-0.25, -0.2) is 13.1 Å². The van der Waals surface area contributed by atoms with E-state index in [1.54, 1.807) is 19.2 Å². The molecule has 1 atom stereocenters. The Morgan fingerprint density at radius 1 is 1.29 bits per heavy atom. The quantitative estimate of drug-likeness (QED) is 0.528. The Morgan fingerprint density at radius 3 is 2.75 bits per heavy atom. The molecule has 0 saturated carbocycles. The number of aliphatic carboxylic acids is 1. The first kappa shape index (κ1) is 20.4. The van der Waals surface area contributed by atoms with Gasteiger partial charge in [-0.1, -0.05) is 34.1 Å². The molecule has 0 aliphatic heterocycles. The highest BCUT2D eigenvalue weighted by atomic mass is 79.9. The van der Waals surface area contributed by atoms with Crippen LogP contribution in [-0.2, 0) is 21.2 Å². The van der Waals surface area contributed by atoms with E-state index in [0.717, 1.165) is 10.9 Å². The topological polar surface area (TPSA) is 111 Å². The standard InChI is InChI=1S/C19H19BrN2O5S/c1-2-27-17-8-7-13(20)10-18(17)28(25,26)22-16(19(23)24)9-12-11-21-15-6-4-3-5-14(12)15/h3-8,10-11,16,21-22H,2,9H2,1H3,(H,23,24)/p-1/t16-/m1/s1. The zero-order valence-corrected chi connectivity index (χ0v) is 17.3. The number of hydrogen-bond acceptors (Lipinski definition) is 5. The van der Waals surface area contributed by atoms with Gasteiger partial charge in [0.05, 0.1) is 18.6 Å². The molecule has 1 heterocycles. The lowest BCUT2D eigenvalue weighted by molar-refractivity contribution is -0.307. The molecule has 0 bridgehead atoms. The number of carboxylic acid groups (broad SMARTS) is 1. The number of rotatable bonds is 8. The number of ether oxygens (including phenoxy) is 1. The number of carbonyl (C=O) groups is 1. The van der Waals surface area contributed by atoms with Crippen LogP contribution >= 0.6 is 15.9 Å². The summed E-state index contributed by atoms with van der Waals surface area (Å²) in [5.41, 5.74) is 1.51. The second-order valence-corrected chi connectivity index (χ2v) is 8.68. The van der Waals surface area contributed by atoms with Crippen molar-refractivity contribution in [2.75, 3.05) is 6.61 Å². The van der Waals surface area contributed by atoms with Crippen LogP contribution in [0.2, 0.25) is 0 Å². The molecule has 3 rings (SSSR count). The van der Waals surface area contributed by atoms with Crippen LogP contribution in [0.15, 0.2) is 58.0 Å². The summed E-state index contributed by atoms with van der Waals surface area (Å²) >= 11 is 3.23. The van der Waals surface area contributed by atoms with Crippen molar-refractivity contribution in [1.29, 1.82) is 0 Å². The predicted octanol–water partition coefficient (Wildman–Crippen LogP) is 1.97. The van der Waals surface area contributed by atoms with Gasteiger partial charge in [-0.2, -0.15) is 0 Å². The lowest BCUT2D eigenvalue weighted by Gasteiger charge is -2.20. The molecule has 148 valence electrons. The fourth-order valence-electron chi connectivity index (χ4n) is 2.91. The Bertz CT molecular complexity index is 1110. The summed E-state index contributed by atoms with van der Waals surface area (Å²) in [4.78, 5) is 14.6. The second kappa shape index (κ2) is 8.34. The van der Waals surface area contributed by atoms with Gasteiger partial charge in [0.2, 0.25) is 10.0 Å². The van der Waals surface area contributed by atoms with Crippen molar-refractivity contribution in [3.05, 3.63) is 58.7 Å². The maximum absolute atomic E-state index is 12.9. The van der Waals surface area contributed by atoms with E-state index in [-0.39, 0.29) is 23.7 Å². The normalized spacial score (nSPS) is 12.8. The van der Waals surface area contributed by atoms with E-state index < -0.39 is 22.0 Å². The Kier molecular flexibility index (Phi) is 6.07. The number of aromatic amines is 1. The molecule has 0 radical (unpaired) electrons. The average molecular weight is 466 g/mol. The number of nitrogens with one attached hydrogen (secondary N) is 2. The highest BCUT2D eigenvalue weighted by molar-refractivity contribution is 9.10. The molecule has 3 aromatic rings. The summed E-state index contributed by atoms with van der Waals surface area (Å²) in [5.74, 6) is -1.37. The number of H-pyrrole nitrogens is 1. The fourth-order valence-corrected chi connectivity index (χ4v) is 4.78. The van der Waals surface area contributed by atoms with Crippen molar-refractivity contribution in [2.45, 2.75) is 24.3 Å². The van der Waals surface area contributed by atoms with E-state index in [2.05, 4.69) is 25.6 Å². The number of hydrogen-bond donors (Lipinski definition) is 2. The third-order valence-corrected chi connectivity index (χ3v) is 6.16. The number of aromatic nitrogens is 1. The molecule has 7 nitrogen and oxygen atoms in total. The van der Waals surface area contributed by atoms with Crippen LogP contribution in [0.25, 0.3) is 10.9 Å². The van der Waals surface area contributed by atoms with Gasteiger partial charge in [0, 0.05) is 21.6 Å². The molecule has 28 heavy (non-hydrogen) atoms. The van der Waals surface area contributed by atoms with E-state index >= 15 is 0 Å². The Morgan fingerprint density at radius 2 is 2.04 bits per heavy atom. The predicted molar refractivity (Wildman–Crippen MR) is 106 cm³/mol. The highest BCUT2D eigenvalue weighted by Crippen LogP contribution is 2.28. The first-order valence-corrected chi connectivity index (χ1v) is 10.8. The molecule has 1 aromatic heterocycles. The van der Waals surface area contributed by atoms with Gasteiger partial charge in [-0.3, -0.25) is 0 Å². The fraction of sp³-hybridized carbons (Fsp3) is 0.211. The van der Waals surface area contributed by atoms with Gasteiger partial charge >= 0.3 is 0 Å². The van der Waals surface area contributed by atoms with Gasteiger partial charge in [0.25, 0.3) is 0 Å². The summed E-state index contributed by atoms with van der Waals surface area (Å²) in [6.45, 7) is 2.00. The van der Waals surface area contributed by atoms with Crippen molar-refractivity contribution < 1.29 is 23.1 Å². The minimum absolute atomic E-state index is 0.0659. The lowest BCUT2D eigenvalue weighted by atomic mass is 10.1. The van der Waals surface area contributed by atoms with E-state index in [9.17, 15) is 18.3 Å². The molecule has 0 aliphatic rings. The van der Waals surface area contributed by atoms with Crippen molar-refractivity contribution in [1.82, 2.24) is 9.71 Å². The molecule has 9 heteroatoms. The number of benzene rings is 2. The summed E-state index contributed by atoms with van der Waals surface area (Å²) in [7, 11) is -4.17. The molecule has 0 fully saturated rings. The molecule has 2 aromatic carbocycles. The Labute approximate surface area is 170 Å². The van der Waals surface area contributed by atoms with Crippen molar-refractivity contribution in [2.24, 2.45) is 0 Å². The maximum Gasteiger partial charge on any atom is 0.244 e. The van der Waals surface area contributed by atoms with E-state index in [1.165, 1.54) is 12.1 Å². The number of sulfonamides is 1. The van der Waals surface area contributed by atoms with E-state index in [0.29, 0.717) is 10.0 Å². The number of fused-ring (bicyclic) bond motifs is 1. The minimum atomic E-state index is -4.17. The molecule has 0 unspecified atom stereocenters. The lowest BCUT2D eigenvalue weighted by Crippen LogP contribution is -2.49. The number of carboxylic acids is 1. The van der Waals surface area contributed by atoms with Gasteiger partial charge in [0.15, 0.2) is 0 Å². The van der Waals surface area contributed by atoms with Crippen LogP contribution in [0.5, 0.6) is 5.75 Å². The summed E-state index contributed by atoms with van der Waals surface area (Å²) in [5, 5.41) is 12.5. The summed E-state index contributed by atoms with van der Waals surface area (Å²) in [6.07, 6.45) is 1.60. The van der Waals surface area contributed by atoms with Crippen LogP contribution in [0.4, 0.5) is 0 Å². The zero-order valence-electron chi connectivity index (χ0n) is 14.9. The monoisotopic (exact) mass is 465 g/mol. The third-order valence-electron chi connectivity index (χ3n) is 4.18. The molecular weight excluding hydrogens is 448 g/mol. The zero-order chi connectivity index (χ0) is 20.3. The Hall–Kier alpha value is -2.36. The van der Waals surface area contributed by atoms with Gasteiger partial charge in [0.1, 0.15) is 10.6 Å². The second-order valence-electron chi connectivity index (χ2n) is 6.08. The van der Waals surface area contributed by atoms with Crippen LogP contribution in [0.3, 0.4) is 0 Å². The summed E-state index contributed by atoms with van der Waals surface area (Å²) in [6, 6.07) is 10.4. The molecule has 0 aliphatic carbocycles. The number of para-hydroxylation sites is 1. The van der Waals surface area contributed by atoms with Gasteiger partial charge in [-0.05, 0) is 43.2 Å². The average Bonchev–Trinajstić information content (AvgIpc) is 3.05. The van der Waals surface area contributed by atoms with Gasteiger partial charge < -0.3 is 19.6 Å². The molecule has 0 amide bonds. The van der Waals surface area contributed by atoms with Crippen LogP contribution in [0.1, 0.15) is 12.5 Å². The van der Waals surface area contributed by atoms with Crippen LogP contribution in [-0.4, -0.2) is 32.0 Å². The van der Waals surface area contributed by atoms with Crippen molar-refractivity contribution >= 4 is 42.8 Å². The largest absolute Gasteiger partial charge is 0.548 e. The van der Waals surface area contributed by atoms with Crippen LogP contribution in [0, 0.1) is 0 Å². The number of carbonyl (C=O) groups excluding carboxylic acids is 1. The molecule has 0 saturated heterocycles. The Balaban J connectivity index is 1.92. The van der Waals surface area contributed by atoms with E-state index in [4.69, 9.17) is 4.74 Å². The molecule has 0 spiro atoms. The molecule has 2 N–H and O–H groups in total. The third kappa shape index (κ3) is 4.37. The van der Waals surface area contributed by atoms with E-state index in [1.807, 2.05) is 24.3 Å². The van der Waals surface area contributed by atoms with Gasteiger partial charge in [-0.15, -0.1) is 0 Å². The first-order valence-electron chi connectivity index (χ1n) is 8.52. The smallest absolute Gasteiger partial charge is 0.244 e. The highest BCUT2D eigenvalue weighted by Gasteiger charge is 2.25. The summed E-state index contributed by atoms with van der Waals surface area (Å²) < 4.78 is 33.9. The van der Waals surface area contributed by atoms with Crippen molar-refractivity contribution in [3.8, 4) is 5.75 Å². The van der Waals surface area contributed by atoms with Crippen molar-refractivity contribution in [3.63, 3.8) is 0 Å². The number of halogens is 1. The minimum Gasteiger partial charge on any atom is -0.548 e. The first-order chi connectivity index (χ1) is 13.3. The molecular formula is C19H18BrN2O5S-. The SMILES string of the molecule is CCOc1ccc(Br)cc1S(=O)(=O)N[C@H](Cc1c[nH]c2ccccc12)C(=O)[O-]. The van der Waals surface area contributed by atoms with Crippen LogP contribution < -0.4 is 14.6 Å². The maximum atomic E-state index is 12.9.